The second kappa shape index (κ2) is 8.10. The van der Waals surface area contributed by atoms with Crippen LogP contribution in [0.3, 0.4) is 0 Å². The third-order valence-electron chi connectivity index (χ3n) is 5.13. The Balaban J connectivity index is 1.57. The molecule has 2 aliphatic rings. The van der Waals surface area contributed by atoms with Crippen LogP contribution in [0.1, 0.15) is 54.8 Å². The minimum Gasteiger partial charge on any atom is -0.381 e. The van der Waals surface area contributed by atoms with Crippen molar-refractivity contribution in [2.24, 2.45) is 5.92 Å². The van der Waals surface area contributed by atoms with Gasteiger partial charge in [0.25, 0.3) is 5.91 Å². The molecule has 1 fully saturated rings. The molecule has 0 radical (unpaired) electrons. The molecule has 132 valence electrons. The van der Waals surface area contributed by atoms with Crippen molar-refractivity contribution < 1.29 is 14.6 Å². The molecule has 3 rings (SSSR count). The number of aliphatic hydroxyl groups is 1. The molecule has 24 heavy (non-hydrogen) atoms. The van der Waals surface area contributed by atoms with E-state index in [9.17, 15) is 9.90 Å². The summed E-state index contributed by atoms with van der Waals surface area (Å²) in [5, 5.41) is 14.0. The molecule has 0 aromatic heterocycles. The zero-order valence-electron chi connectivity index (χ0n) is 14.4. The second-order valence-electron chi connectivity index (χ2n) is 6.77. The summed E-state index contributed by atoms with van der Waals surface area (Å²) < 4.78 is 5.64. The van der Waals surface area contributed by atoms with Gasteiger partial charge in [-0.1, -0.05) is 31.5 Å². The van der Waals surface area contributed by atoms with Crippen molar-refractivity contribution in [3.05, 3.63) is 35.4 Å². The first-order valence-electron chi connectivity index (χ1n) is 9.12. The number of nitrogens with one attached hydrogen (secondary N) is 1. The van der Waals surface area contributed by atoms with Gasteiger partial charge in [0.05, 0.1) is 6.04 Å². The van der Waals surface area contributed by atoms with Crippen molar-refractivity contribution in [1.29, 1.82) is 0 Å². The lowest BCUT2D eigenvalue weighted by atomic mass is 9.96. The number of aliphatic hydroxyl groups excluding tert-OH is 1. The lowest BCUT2D eigenvalue weighted by molar-refractivity contribution is -0.00925. The van der Waals surface area contributed by atoms with Gasteiger partial charge in [0, 0.05) is 37.4 Å². The summed E-state index contributed by atoms with van der Waals surface area (Å²) in [4.78, 5) is 14.4. The Hall–Kier alpha value is -1.43. The number of fused-ring (bicyclic) bond motifs is 1. The molecule has 1 saturated heterocycles. The maximum atomic E-state index is 12.7. The number of hydrogen-bond donors (Lipinski definition) is 2. The standard InChI is InChI=1S/C19H28N2O3/c1-2-3-10-24-11-6-7-14-12-20-13-17(14)21-18(22)15-8-4-5-9-16(15)19(21)23/h4-5,8-9,14,17-18,20,22H,2-3,6-7,10-13H2,1H3/t14-,17-,18?/m1/s1. The Morgan fingerprint density at radius 1 is 1.25 bits per heavy atom. The zero-order chi connectivity index (χ0) is 16.9. The molecular weight excluding hydrogens is 304 g/mol. The molecule has 5 nitrogen and oxygen atoms in total. The maximum Gasteiger partial charge on any atom is 0.256 e. The molecule has 0 aliphatic carbocycles. The summed E-state index contributed by atoms with van der Waals surface area (Å²) in [6.07, 6.45) is 3.46. The van der Waals surface area contributed by atoms with E-state index in [4.69, 9.17) is 4.74 Å². The second-order valence-corrected chi connectivity index (χ2v) is 6.77. The quantitative estimate of drug-likeness (QED) is 0.717. The Morgan fingerprint density at radius 3 is 2.83 bits per heavy atom. The van der Waals surface area contributed by atoms with E-state index in [0.717, 1.165) is 57.6 Å². The Morgan fingerprint density at radius 2 is 2.04 bits per heavy atom. The molecule has 1 amide bonds. The molecule has 1 unspecified atom stereocenters. The highest BCUT2D eigenvalue weighted by Crippen LogP contribution is 2.36. The predicted octanol–water partition coefficient (Wildman–Crippen LogP) is 2.32. The molecule has 1 aromatic rings. The van der Waals surface area contributed by atoms with E-state index in [1.54, 1.807) is 11.0 Å². The highest BCUT2D eigenvalue weighted by Gasteiger charge is 2.43. The van der Waals surface area contributed by atoms with E-state index >= 15 is 0 Å². The van der Waals surface area contributed by atoms with E-state index in [2.05, 4.69) is 12.2 Å². The first kappa shape index (κ1) is 17.4. The summed E-state index contributed by atoms with van der Waals surface area (Å²) >= 11 is 0. The topological polar surface area (TPSA) is 61.8 Å². The van der Waals surface area contributed by atoms with Crippen molar-refractivity contribution in [2.45, 2.75) is 44.9 Å². The SMILES string of the molecule is CCCCOCCC[C@@H]1CNC[C@H]1N1C(=O)c2ccccc2C1O. The van der Waals surface area contributed by atoms with Gasteiger partial charge in [-0.2, -0.15) is 0 Å². The number of amides is 1. The van der Waals surface area contributed by atoms with Crippen LogP contribution in [-0.4, -0.2) is 48.3 Å². The van der Waals surface area contributed by atoms with Crippen molar-refractivity contribution >= 4 is 5.91 Å². The highest BCUT2D eigenvalue weighted by molar-refractivity contribution is 5.99. The van der Waals surface area contributed by atoms with Crippen LogP contribution in [0.25, 0.3) is 0 Å². The number of ether oxygens (including phenoxy) is 1. The summed E-state index contributed by atoms with van der Waals surface area (Å²) in [6, 6.07) is 7.42. The smallest absolute Gasteiger partial charge is 0.256 e. The number of unbranched alkanes of at least 4 members (excludes halogenated alkanes) is 1. The number of carbonyl (C=O) groups excluding carboxylic acids is 1. The fourth-order valence-electron chi connectivity index (χ4n) is 3.78. The molecule has 1 aromatic carbocycles. The van der Waals surface area contributed by atoms with Crippen molar-refractivity contribution in [1.82, 2.24) is 10.2 Å². The van der Waals surface area contributed by atoms with Crippen LogP contribution in [0.15, 0.2) is 24.3 Å². The molecule has 2 N–H and O–H groups in total. The van der Waals surface area contributed by atoms with Gasteiger partial charge in [-0.25, -0.2) is 0 Å². The number of benzene rings is 1. The number of hydrogen-bond acceptors (Lipinski definition) is 4. The lowest BCUT2D eigenvalue weighted by Crippen LogP contribution is -2.43. The van der Waals surface area contributed by atoms with E-state index in [-0.39, 0.29) is 11.9 Å². The molecule has 0 spiro atoms. The van der Waals surface area contributed by atoms with Crippen molar-refractivity contribution in [3.63, 3.8) is 0 Å². The van der Waals surface area contributed by atoms with Gasteiger partial charge in [0.15, 0.2) is 6.23 Å². The molecule has 2 heterocycles. The Kier molecular flexibility index (Phi) is 5.87. The summed E-state index contributed by atoms with van der Waals surface area (Å²) in [5.41, 5.74) is 1.37. The normalized spacial score (nSPS) is 26.2. The van der Waals surface area contributed by atoms with Crippen molar-refractivity contribution in [2.75, 3.05) is 26.3 Å². The van der Waals surface area contributed by atoms with Crippen molar-refractivity contribution in [3.8, 4) is 0 Å². The van der Waals surface area contributed by atoms with Gasteiger partial charge in [-0.3, -0.25) is 4.79 Å². The Bertz CT molecular complexity index is 563. The van der Waals surface area contributed by atoms with Gasteiger partial charge in [0.1, 0.15) is 0 Å². The van der Waals surface area contributed by atoms with Crippen LogP contribution in [0.5, 0.6) is 0 Å². The van der Waals surface area contributed by atoms with Gasteiger partial charge in [-0.15, -0.1) is 0 Å². The third kappa shape index (κ3) is 3.48. The average Bonchev–Trinajstić information content (AvgIpc) is 3.15. The van der Waals surface area contributed by atoms with E-state index in [0.29, 0.717) is 11.5 Å². The summed E-state index contributed by atoms with van der Waals surface area (Å²) in [7, 11) is 0. The minimum absolute atomic E-state index is 0.0454. The van der Waals surface area contributed by atoms with Gasteiger partial charge in [0.2, 0.25) is 0 Å². The third-order valence-corrected chi connectivity index (χ3v) is 5.13. The zero-order valence-corrected chi connectivity index (χ0v) is 14.4. The van der Waals surface area contributed by atoms with Gasteiger partial charge in [-0.05, 0) is 31.2 Å². The summed E-state index contributed by atoms with van der Waals surface area (Å²) in [6.45, 7) is 5.42. The van der Waals surface area contributed by atoms with Crippen LogP contribution in [0.4, 0.5) is 0 Å². The number of carbonyl (C=O) groups is 1. The lowest BCUT2D eigenvalue weighted by Gasteiger charge is -2.31. The molecule has 0 saturated carbocycles. The largest absolute Gasteiger partial charge is 0.381 e. The van der Waals surface area contributed by atoms with Crippen LogP contribution in [-0.2, 0) is 4.74 Å². The van der Waals surface area contributed by atoms with Crippen LogP contribution < -0.4 is 5.32 Å². The van der Waals surface area contributed by atoms with Gasteiger partial charge >= 0.3 is 0 Å². The number of nitrogens with zero attached hydrogens (tertiary/aromatic N) is 1. The first-order valence-corrected chi connectivity index (χ1v) is 9.12. The molecular formula is C19H28N2O3. The molecule has 2 aliphatic heterocycles. The fraction of sp³-hybridized carbons (Fsp3) is 0.632. The first-order chi connectivity index (χ1) is 11.7. The average molecular weight is 332 g/mol. The number of rotatable bonds is 8. The maximum absolute atomic E-state index is 12.7. The van der Waals surface area contributed by atoms with E-state index < -0.39 is 6.23 Å². The molecule has 0 bridgehead atoms. The fourth-order valence-corrected chi connectivity index (χ4v) is 3.78. The van der Waals surface area contributed by atoms with Gasteiger partial charge < -0.3 is 20.1 Å². The molecule has 5 heteroatoms. The monoisotopic (exact) mass is 332 g/mol. The van der Waals surface area contributed by atoms with E-state index in [1.807, 2.05) is 18.2 Å². The van der Waals surface area contributed by atoms with E-state index in [1.165, 1.54) is 0 Å². The minimum atomic E-state index is -0.818. The van der Waals surface area contributed by atoms with Crippen LogP contribution in [0, 0.1) is 5.92 Å². The highest BCUT2D eigenvalue weighted by atomic mass is 16.5. The summed E-state index contributed by atoms with van der Waals surface area (Å²) in [5.74, 6) is 0.323. The van der Waals surface area contributed by atoms with Crippen LogP contribution in [0.2, 0.25) is 0 Å². The predicted molar refractivity (Wildman–Crippen MR) is 92.7 cm³/mol. The van der Waals surface area contributed by atoms with Crippen LogP contribution >= 0.6 is 0 Å². The Labute approximate surface area is 144 Å². The molecule has 3 atom stereocenters.